The van der Waals surface area contributed by atoms with Crippen molar-refractivity contribution >= 4 is 65.4 Å². The second-order valence-corrected chi connectivity index (χ2v) is 16.5. The molecule has 0 saturated carbocycles. The first kappa shape index (κ1) is 30.6. The van der Waals surface area contributed by atoms with E-state index in [0.717, 1.165) is 11.4 Å². The molecule has 7 aromatic carbocycles. The maximum atomic E-state index is 2.57. The van der Waals surface area contributed by atoms with E-state index in [1.54, 1.807) is 0 Å². The highest BCUT2D eigenvalue weighted by molar-refractivity contribution is 6.26. The summed E-state index contributed by atoms with van der Waals surface area (Å²) < 4.78 is 7.47. The molecule has 0 unspecified atom stereocenters. The molecule has 0 fully saturated rings. The van der Waals surface area contributed by atoms with Gasteiger partial charge in [-0.25, -0.2) is 0 Å². The predicted octanol–water partition coefficient (Wildman–Crippen LogP) is 13.3. The van der Waals surface area contributed by atoms with Gasteiger partial charge >= 0.3 is 0 Å². The lowest BCUT2D eigenvalue weighted by molar-refractivity contribution is 0.332. The first-order valence-corrected chi connectivity index (χ1v) is 19.0. The lowest BCUT2D eigenvalue weighted by Crippen LogP contribution is -2.33. The Hall–Kier alpha value is -6.06. The molecule has 3 heteroatoms. The molecule has 53 heavy (non-hydrogen) atoms. The summed E-state index contributed by atoms with van der Waals surface area (Å²) in [5, 5.41) is 7.72. The minimum atomic E-state index is 0.0947. The highest BCUT2D eigenvalue weighted by Gasteiger charge is 2.38. The van der Waals surface area contributed by atoms with Crippen LogP contribution >= 0.6 is 0 Å². The quantitative estimate of drug-likeness (QED) is 0.176. The second kappa shape index (κ2) is 10.7. The van der Waals surface area contributed by atoms with E-state index in [4.69, 9.17) is 0 Å². The van der Waals surface area contributed by atoms with E-state index in [1.165, 1.54) is 95.1 Å². The van der Waals surface area contributed by atoms with Gasteiger partial charge in [0, 0.05) is 49.4 Å². The Morgan fingerprint density at radius 1 is 0.358 bits per heavy atom. The van der Waals surface area contributed by atoms with Crippen molar-refractivity contribution in [2.45, 2.75) is 51.4 Å². The molecule has 1 aliphatic rings. The average molecular weight is 684 g/mol. The zero-order valence-corrected chi connectivity index (χ0v) is 30.7. The van der Waals surface area contributed by atoms with Gasteiger partial charge in [-0.3, -0.25) is 0 Å². The maximum absolute atomic E-state index is 2.57. The molecule has 11 rings (SSSR count). The Morgan fingerprint density at radius 3 is 1.49 bits per heavy atom. The van der Waals surface area contributed by atoms with Crippen LogP contribution < -0.4 is 0 Å². The van der Waals surface area contributed by atoms with E-state index in [2.05, 4.69) is 193 Å². The molecule has 0 saturated heterocycles. The van der Waals surface area contributed by atoms with Crippen molar-refractivity contribution in [2.24, 2.45) is 0 Å². The van der Waals surface area contributed by atoms with Gasteiger partial charge in [0.1, 0.15) is 0 Å². The number of rotatable bonds is 3. The van der Waals surface area contributed by atoms with Crippen molar-refractivity contribution in [3.8, 4) is 17.1 Å². The number of hydrogen-bond acceptors (Lipinski definition) is 0. The minimum absolute atomic E-state index is 0.0947. The van der Waals surface area contributed by atoms with Gasteiger partial charge in [-0.2, -0.15) is 0 Å². The SMILES string of the molecule is CC1(C)CCC(C)(C)c2cc3c(cc21)c1c(ccc2c4ccccc4n(-c4cccc(-n5c6ccccc6c6ccccc65)c4)c21)n3-c1ccccc1. The number of aromatic nitrogens is 3. The lowest BCUT2D eigenvalue weighted by atomic mass is 9.63. The van der Waals surface area contributed by atoms with Crippen LogP contribution in [0, 0.1) is 0 Å². The fourth-order valence-electron chi connectivity index (χ4n) is 9.71. The molecular weight excluding hydrogens is 643 g/mol. The van der Waals surface area contributed by atoms with Crippen LogP contribution in [0.3, 0.4) is 0 Å². The van der Waals surface area contributed by atoms with Crippen LogP contribution in [-0.2, 0) is 10.8 Å². The highest BCUT2D eigenvalue weighted by Crippen LogP contribution is 2.50. The minimum Gasteiger partial charge on any atom is -0.309 e. The molecule has 0 radical (unpaired) electrons. The third-order valence-electron chi connectivity index (χ3n) is 12.5. The number of nitrogens with zero attached hydrogens (tertiary/aromatic N) is 3. The van der Waals surface area contributed by atoms with E-state index in [1.807, 2.05) is 0 Å². The third kappa shape index (κ3) is 4.22. The normalized spacial score (nSPS) is 15.3. The van der Waals surface area contributed by atoms with E-state index in [0.29, 0.717) is 0 Å². The van der Waals surface area contributed by atoms with Crippen LogP contribution in [-0.4, -0.2) is 13.7 Å². The summed E-state index contributed by atoms with van der Waals surface area (Å²) >= 11 is 0. The van der Waals surface area contributed by atoms with Crippen molar-refractivity contribution in [3.63, 3.8) is 0 Å². The molecule has 3 nitrogen and oxygen atoms in total. The van der Waals surface area contributed by atoms with Crippen molar-refractivity contribution in [1.29, 1.82) is 0 Å². The first-order chi connectivity index (χ1) is 25.8. The van der Waals surface area contributed by atoms with Gasteiger partial charge < -0.3 is 13.7 Å². The topological polar surface area (TPSA) is 14.8 Å². The molecule has 0 bridgehead atoms. The largest absolute Gasteiger partial charge is 0.309 e. The van der Waals surface area contributed by atoms with E-state index in [-0.39, 0.29) is 10.8 Å². The van der Waals surface area contributed by atoms with Crippen molar-refractivity contribution in [2.75, 3.05) is 0 Å². The van der Waals surface area contributed by atoms with Crippen LogP contribution in [0.1, 0.15) is 51.7 Å². The molecule has 0 aliphatic heterocycles. The molecular formula is C50H41N3. The van der Waals surface area contributed by atoms with Crippen molar-refractivity contribution in [1.82, 2.24) is 13.7 Å². The summed E-state index contributed by atoms with van der Waals surface area (Å²) in [6.45, 7) is 9.75. The van der Waals surface area contributed by atoms with Crippen LogP contribution in [0.15, 0.2) is 152 Å². The van der Waals surface area contributed by atoms with Gasteiger partial charge in [0.2, 0.25) is 0 Å². The van der Waals surface area contributed by atoms with Gasteiger partial charge in [0.25, 0.3) is 0 Å². The maximum Gasteiger partial charge on any atom is 0.0641 e. The second-order valence-electron chi connectivity index (χ2n) is 16.5. The zero-order valence-electron chi connectivity index (χ0n) is 30.7. The number of hydrogen-bond donors (Lipinski definition) is 0. The molecule has 3 aromatic heterocycles. The number of fused-ring (bicyclic) bond motifs is 11. The Kier molecular flexibility index (Phi) is 6.19. The van der Waals surface area contributed by atoms with Gasteiger partial charge in [0.15, 0.2) is 0 Å². The van der Waals surface area contributed by atoms with Crippen LogP contribution in [0.4, 0.5) is 0 Å². The summed E-state index contributed by atoms with van der Waals surface area (Å²) in [6.07, 6.45) is 2.37. The van der Waals surface area contributed by atoms with Crippen molar-refractivity contribution < 1.29 is 0 Å². The summed E-state index contributed by atoms with van der Waals surface area (Å²) in [6, 6.07) is 56.4. The monoisotopic (exact) mass is 683 g/mol. The smallest absolute Gasteiger partial charge is 0.0641 e. The summed E-state index contributed by atoms with van der Waals surface area (Å²) in [5.74, 6) is 0. The zero-order chi connectivity index (χ0) is 35.6. The molecule has 1 aliphatic carbocycles. The molecule has 256 valence electrons. The van der Waals surface area contributed by atoms with Gasteiger partial charge in [-0.05, 0) is 102 Å². The Balaban J connectivity index is 1.29. The molecule has 0 atom stereocenters. The van der Waals surface area contributed by atoms with E-state index < -0.39 is 0 Å². The number of para-hydroxylation sites is 4. The highest BCUT2D eigenvalue weighted by atomic mass is 15.0. The van der Waals surface area contributed by atoms with Crippen molar-refractivity contribution in [3.05, 3.63) is 163 Å². The fourth-order valence-corrected chi connectivity index (χ4v) is 9.71. The lowest BCUT2D eigenvalue weighted by Gasteiger charge is -2.42. The standard InChI is InChI=1S/C50H41N3/c1-49(2)27-28-50(3,4)41-31-46-39(30-40(41)49)47-45(51(46)32-15-6-5-7-16-32)26-25-38-37-21-10-13-24-44(37)53(48(38)47)34-18-14-17-33(29-34)52-42-22-11-8-19-35(42)36-20-9-12-23-43(36)52/h5-26,29-31H,27-28H2,1-4H3. The fraction of sp³-hybridized carbons (Fsp3) is 0.160. The van der Waals surface area contributed by atoms with E-state index in [9.17, 15) is 0 Å². The van der Waals surface area contributed by atoms with Gasteiger partial charge in [-0.1, -0.05) is 113 Å². The third-order valence-corrected chi connectivity index (χ3v) is 12.5. The van der Waals surface area contributed by atoms with Gasteiger partial charge in [0.05, 0.1) is 33.1 Å². The molecule has 0 spiro atoms. The molecule has 3 heterocycles. The number of benzene rings is 7. The predicted molar refractivity (Wildman–Crippen MR) is 225 cm³/mol. The average Bonchev–Trinajstić information content (AvgIpc) is 3.82. The summed E-state index contributed by atoms with van der Waals surface area (Å²) in [7, 11) is 0. The molecule has 10 aromatic rings. The Labute approximate surface area is 309 Å². The molecule has 0 N–H and O–H groups in total. The summed E-state index contributed by atoms with van der Waals surface area (Å²) in [4.78, 5) is 0. The Bertz CT molecular complexity index is 3060. The molecule has 0 amide bonds. The summed E-state index contributed by atoms with van der Waals surface area (Å²) in [5.41, 5.74) is 14.1. The Morgan fingerprint density at radius 2 is 0.849 bits per heavy atom. The first-order valence-electron chi connectivity index (χ1n) is 19.0. The van der Waals surface area contributed by atoms with Crippen LogP contribution in [0.5, 0.6) is 0 Å². The van der Waals surface area contributed by atoms with Gasteiger partial charge in [-0.15, -0.1) is 0 Å². The van der Waals surface area contributed by atoms with E-state index >= 15 is 0 Å². The van der Waals surface area contributed by atoms with Crippen LogP contribution in [0.2, 0.25) is 0 Å². The van der Waals surface area contributed by atoms with Crippen LogP contribution in [0.25, 0.3) is 82.5 Å².